The van der Waals surface area contributed by atoms with Gasteiger partial charge in [0.25, 0.3) is 0 Å². The third-order valence-electron chi connectivity index (χ3n) is 5.86. The van der Waals surface area contributed by atoms with Crippen LogP contribution in [0.4, 0.5) is 0 Å². The summed E-state index contributed by atoms with van der Waals surface area (Å²) in [6.07, 6.45) is 1.06. The number of fused-ring (bicyclic) bond motifs is 3. The fourth-order valence-corrected chi connectivity index (χ4v) is 4.49. The van der Waals surface area contributed by atoms with Gasteiger partial charge in [-0.25, -0.2) is 0 Å². The van der Waals surface area contributed by atoms with Crippen LogP contribution in [0.5, 0.6) is 0 Å². The molecule has 0 unspecified atom stereocenters. The van der Waals surface area contributed by atoms with Gasteiger partial charge in [0.1, 0.15) is 0 Å². The first kappa shape index (κ1) is 17.9. The van der Waals surface area contributed by atoms with Crippen molar-refractivity contribution in [3.05, 3.63) is 119 Å². The van der Waals surface area contributed by atoms with Crippen molar-refractivity contribution in [1.29, 1.82) is 0 Å². The summed E-state index contributed by atoms with van der Waals surface area (Å²) < 4.78 is 0. The molecule has 1 heteroatoms. The van der Waals surface area contributed by atoms with Crippen molar-refractivity contribution >= 4 is 0 Å². The lowest BCUT2D eigenvalue weighted by Crippen LogP contribution is -2.17. The third kappa shape index (κ3) is 3.62. The molecule has 0 N–H and O–H groups in total. The minimum atomic E-state index is 0.929. The van der Waals surface area contributed by atoms with Gasteiger partial charge in [-0.1, -0.05) is 91.0 Å². The molecule has 0 spiro atoms. The summed E-state index contributed by atoms with van der Waals surface area (Å²) in [5.41, 5.74) is 11.1. The van der Waals surface area contributed by atoms with E-state index in [-0.39, 0.29) is 0 Å². The molecule has 1 aliphatic carbocycles. The maximum Gasteiger partial charge on any atom is 0.0240 e. The molecule has 0 fully saturated rings. The second kappa shape index (κ2) is 7.69. The molecule has 0 saturated carbocycles. The molecule has 0 bridgehead atoms. The summed E-state index contributed by atoms with van der Waals surface area (Å²) in [4.78, 5) is 2.41. The van der Waals surface area contributed by atoms with E-state index in [0.29, 0.717) is 0 Å². The number of rotatable bonds is 5. The Hall–Kier alpha value is -3.16. The molecule has 0 atom stereocenters. The van der Waals surface area contributed by atoms with Crippen LogP contribution >= 0.6 is 0 Å². The standard InChI is InChI=1S/C28H25N/c1-29(20-25-12-6-7-13-26(25)22-9-3-2-4-10-22)19-21-15-16-24-18-23-11-5-8-14-27(23)28(24)17-21/h2-17H,18-20H2,1H3. The van der Waals surface area contributed by atoms with Gasteiger partial charge in [-0.2, -0.15) is 0 Å². The van der Waals surface area contributed by atoms with E-state index in [9.17, 15) is 0 Å². The zero-order valence-corrected chi connectivity index (χ0v) is 16.8. The van der Waals surface area contributed by atoms with E-state index >= 15 is 0 Å². The molecular formula is C28H25N. The molecule has 0 aliphatic heterocycles. The van der Waals surface area contributed by atoms with Crippen molar-refractivity contribution in [2.24, 2.45) is 0 Å². The van der Waals surface area contributed by atoms with Gasteiger partial charge < -0.3 is 0 Å². The smallest absolute Gasteiger partial charge is 0.0240 e. The fraction of sp³-hybridized carbons (Fsp3) is 0.143. The number of nitrogens with zero attached hydrogens (tertiary/aromatic N) is 1. The Kier molecular flexibility index (Phi) is 4.75. The Labute approximate surface area is 173 Å². The highest BCUT2D eigenvalue weighted by molar-refractivity contribution is 5.77. The maximum atomic E-state index is 2.41. The Balaban J connectivity index is 1.36. The Morgan fingerprint density at radius 1 is 0.621 bits per heavy atom. The monoisotopic (exact) mass is 375 g/mol. The highest BCUT2D eigenvalue weighted by Crippen LogP contribution is 2.37. The van der Waals surface area contributed by atoms with Crippen LogP contribution in [0.2, 0.25) is 0 Å². The van der Waals surface area contributed by atoms with Crippen LogP contribution in [0, 0.1) is 0 Å². The van der Waals surface area contributed by atoms with E-state index in [0.717, 1.165) is 19.5 Å². The van der Waals surface area contributed by atoms with Crippen LogP contribution in [0.25, 0.3) is 22.3 Å². The van der Waals surface area contributed by atoms with Gasteiger partial charge in [0, 0.05) is 13.1 Å². The minimum Gasteiger partial charge on any atom is -0.298 e. The molecule has 29 heavy (non-hydrogen) atoms. The van der Waals surface area contributed by atoms with Crippen LogP contribution in [-0.4, -0.2) is 11.9 Å². The summed E-state index contributed by atoms with van der Waals surface area (Å²) in [7, 11) is 2.21. The third-order valence-corrected chi connectivity index (χ3v) is 5.86. The average molecular weight is 376 g/mol. The lowest BCUT2D eigenvalue weighted by atomic mass is 9.99. The summed E-state index contributed by atoms with van der Waals surface area (Å²) in [6.45, 7) is 1.87. The van der Waals surface area contributed by atoms with Crippen LogP contribution in [0.1, 0.15) is 22.3 Å². The Morgan fingerprint density at radius 2 is 1.31 bits per heavy atom. The first-order valence-corrected chi connectivity index (χ1v) is 10.3. The molecule has 4 aromatic carbocycles. The summed E-state index contributed by atoms with van der Waals surface area (Å²) in [6, 6.07) is 35.2. The van der Waals surface area contributed by atoms with Crippen molar-refractivity contribution in [2.45, 2.75) is 19.5 Å². The number of hydrogen-bond acceptors (Lipinski definition) is 1. The normalized spacial score (nSPS) is 12.1. The largest absolute Gasteiger partial charge is 0.298 e. The van der Waals surface area contributed by atoms with Gasteiger partial charge in [-0.3, -0.25) is 4.90 Å². The first-order valence-electron chi connectivity index (χ1n) is 10.3. The average Bonchev–Trinajstić information content (AvgIpc) is 3.13. The van der Waals surface area contributed by atoms with Crippen molar-refractivity contribution in [3.63, 3.8) is 0 Å². The molecule has 5 rings (SSSR count). The van der Waals surface area contributed by atoms with E-state index in [2.05, 4.69) is 109 Å². The lowest BCUT2D eigenvalue weighted by molar-refractivity contribution is 0.319. The van der Waals surface area contributed by atoms with Crippen molar-refractivity contribution in [3.8, 4) is 22.3 Å². The molecule has 0 radical (unpaired) electrons. The Bertz CT molecular complexity index is 1140. The molecule has 4 aromatic rings. The molecule has 1 nitrogen and oxygen atoms in total. The molecular weight excluding hydrogens is 350 g/mol. The van der Waals surface area contributed by atoms with Gasteiger partial charge in [-0.15, -0.1) is 0 Å². The van der Waals surface area contributed by atoms with E-state index in [1.807, 2.05) is 0 Å². The predicted octanol–water partition coefficient (Wildman–Crippen LogP) is 6.56. The minimum absolute atomic E-state index is 0.929. The highest BCUT2D eigenvalue weighted by atomic mass is 15.1. The van der Waals surface area contributed by atoms with Crippen LogP contribution in [-0.2, 0) is 19.5 Å². The van der Waals surface area contributed by atoms with E-state index in [4.69, 9.17) is 0 Å². The molecule has 0 saturated heterocycles. The van der Waals surface area contributed by atoms with Gasteiger partial charge in [-0.05, 0) is 64.0 Å². The number of benzene rings is 4. The first-order chi connectivity index (χ1) is 14.3. The highest BCUT2D eigenvalue weighted by Gasteiger charge is 2.18. The summed E-state index contributed by atoms with van der Waals surface area (Å²) in [5, 5.41) is 0. The van der Waals surface area contributed by atoms with Crippen LogP contribution < -0.4 is 0 Å². The van der Waals surface area contributed by atoms with Gasteiger partial charge in [0.15, 0.2) is 0 Å². The van der Waals surface area contributed by atoms with Crippen LogP contribution in [0.3, 0.4) is 0 Å². The molecule has 0 amide bonds. The van der Waals surface area contributed by atoms with E-state index in [1.54, 1.807) is 0 Å². The maximum absolute atomic E-state index is 2.41. The lowest BCUT2D eigenvalue weighted by Gasteiger charge is -2.20. The topological polar surface area (TPSA) is 3.24 Å². The van der Waals surface area contributed by atoms with Gasteiger partial charge in [0.05, 0.1) is 0 Å². The van der Waals surface area contributed by atoms with Crippen molar-refractivity contribution in [1.82, 2.24) is 4.90 Å². The van der Waals surface area contributed by atoms with Crippen molar-refractivity contribution in [2.75, 3.05) is 7.05 Å². The predicted molar refractivity (Wildman–Crippen MR) is 122 cm³/mol. The zero-order valence-electron chi connectivity index (χ0n) is 16.8. The molecule has 142 valence electrons. The van der Waals surface area contributed by atoms with Crippen molar-refractivity contribution < 1.29 is 0 Å². The SMILES string of the molecule is CN(Cc1ccc2c(c1)-c1ccccc1C2)Cc1ccccc1-c1ccccc1. The molecule has 1 aliphatic rings. The quantitative estimate of drug-likeness (QED) is 0.336. The van der Waals surface area contributed by atoms with Crippen LogP contribution in [0.15, 0.2) is 97.1 Å². The molecule has 0 aromatic heterocycles. The fourth-order valence-electron chi connectivity index (χ4n) is 4.49. The Morgan fingerprint density at radius 3 is 2.17 bits per heavy atom. The zero-order chi connectivity index (χ0) is 19.6. The second-order valence-electron chi connectivity index (χ2n) is 8.02. The van der Waals surface area contributed by atoms with Gasteiger partial charge in [0.2, 0.25) is 0 Å². The number of hydrogen-bond donors (Lipinski definition) is 0. The van der Waals surface area contributed by atoms with Gasteiger partial charge >= 0.3 is 0 Å². The summed E-state index contributed by atoms with van der Waals surface area (Å²) >= 11 is 0. The van der Waals surface area contributed by atoms with E-state index < -0.39 is 0 Å². The van der Waals surface area contributed by atoms with E-state index in [1.165, 1.54) is 44.5 Å². The summed E-state index contributed by atoms with van der Waals surface area (Å²) in [5.74, 6) is 0. The second-order valence-corrected chi connectivity index (χ2v) is 8.02. The molecule has 0 heterocycles.